The topological polar surface area (TPSA) is 93.3 Å². The molecule has 1 fully saturated rings. The van der Waals surface area contributed by atoms with E-state index in [1.54, 1.807) is 4.68 Å². The van der Waals surface area contributed by atoms with Gasteiger partial charge in [-0.15, -0.1) is 11.3 Å². The molecule has 0 aliphatic carbocycles. The smallest absolute Gasteiger partial charge is 0.312 e. The van der Waals surface area contributed by atoms with E-state index in [4.69, 9.17) is 5.73 Å². The number of rotatable bonds is 5. The molecule has 7 nitrogen and oxygen atoms in total. The fourth-order valence-electron chi connectivity index (χ4n) is 3.20. The van der Waals surface area contributed by atoms with Crippen molar-refractivity contribution < 1.29 is 9.59 Å². The van der Waals surface area contributed by atoms with Crippen molar-refractivity contribution in [1.29, 1.82) is 0 Å². The zero-order chi connectivity index (χ0) is 17.1. The lowest BCUT2D eigenvalue weighted by atomic mass is 10.1. The van der Waals surface area contributed by atoms with Crippen LogP contribution in [0.1, 0.15) is 41.8 Å². The van der Waals surface area contributed by atoms with Gasteiger partial charge in [-0.1, -0.05) is 6.07 Å². The normalized spacial score (nSPS) is 18.5. The summed E-state index contributed by atoms with van der Waals surface area (Å²) in [5.41, 5.74) is 6.32. The fraction of sp³-hybridized carbons (Fsp3) is 0.438. The number of nitrogens with two attached hydrogens (primary N) is 1. The number of urea groups is 1. The Hall–Kier alpha value is -2.35. The number of carbonyl (C=O) groups excluding carboxylic acids is 2. The first-order chi connectivity index (χ1) is 11.5. The van der Waals surface area contributed by atoms with Crippen molar-refractivity contribution in [3.05, 3.63) is 40.3 Å². The monoisotopic (exact) mass is 347 g/mol. The van der Waals surface area contributed by atoms with E-state index in [-0.39, 0.29) is 24.4 Å². The summed E-state index contributed by atoms with van der Waals surface area (Å²) in [7, 11) is 1.87. The number of nitrogens with zero attached hydrogens (tertiary/aromatic N) is 3. The molecule has 2 atom stereocenters. The van der Waals surface area contributed by atoms with Crippen LogP contribution in [0, 0.1) is 0 Å². The van der Waals surface area contributed by atoms with Gasteiger partial charge in [0.1, 0.15) is 0 Å². The highest BCUT2D eigenvalue weighted by Crippen LogP contribution is 2.33. The van der Waals surface area contributed by atoms with Crippen molar-refractivity contribution in [3.63, 3.8) is 0 Å². The van der Waals surface area contributed by atoms with E-state index in [0.717, 1.165) is 29.8 Å². The van der Waals surface area contributed by atoms with Gasteiger partial charge in [-0.3, -0.25) is 9.48 Å². The molecule has 0 aromatic carbocycles. The highest BCUT2D eigenvalue weighted by molar-refractivity contribution is 7.10. The number of amides is 3. The van der Waals surface area contributed by atoms with E-state index in [1.165, 1.54) is 11.3 Å². The van der Waals surface area contributed by atoms with Gasteiger partial charge < -0.3 is 16.0 Å². The standard InChI is InChI=1S/C16H21N5O2S/c1-20-10-11(9-18-20)13-4-2-6-21(13)15(22)8-12(19-16(17)23)14-5-3-7-24-14/h3,5,7,9-10,12-13H,2,4,6,8H2,1H3,(H3,17,19,23)/t12-,13+/m1/s1. The third-order valence-electron chi connectivity index (χ3n) is 4.26. The maximum absolute atomic E-state index is 12.8. The van der Waals surface area contributed by atoms with E-state index in [2.05, 4.69) is 10.4 Å². The Bertz CT molecular complexity index is 712. The van der Waals surface area contributed by atoms with Crippen LogP contribution in [-0.2, 0) is 11.8 Å². The molecule has 0 saturated carbocycles. The van der Waals surface area contributed by atoms with E-state index < -0.39 is 6.03 Å². The summed E-state index contributed by atoms with van der Waals surface area (Å²) in [6, 6.07) is 2.86. The minimum Gasteiger partial charge on any atom is -0.352 e. The Morgan fingerprint density at radius 3 is 3.00 bits per heavy atom. The van der Waals surface area contributed by atoms with Crippen LogP contribution >= 0.6 is 11.3 Å². The first-order valence-electron chi connectivity index (χ1n) is 7.92. The molecule has 2 aromatic heterocycles. The van der Waals surface area contributed by atoms with Gasteiger partial charge in [0, 0.05) is 30.2 Å². The molecular formula is C16H21N5O2S. The summed E-state index contributed by atoms with van der Waals surface area (Å²) < 4.78 is 1.75. The Morgan fingerprint density at radius 1 is 1.54 bits per heavy atom. The fourth-order valence-corrected chi connectivity index (χ4v) is 3.98. The van der Waals surface area contributed by atoms with E-state index in [9.17, 15) is 9.59 Å². The largest absolute Gasteiger partial charge is 0.352 e. The van der Waals surface area contributed by atoms with Crippen LogP contribution in [0.3, 0.4) is 0 Å². The molecule has 3 heterocycles. The van der Waals surface area contributed by atoms with Gasteiger partial charge in [0.05, 0.1) is 24.7 Å². The molecule has 1 aliphatic heterocycles. The second kappa shape index (κ2) is 7.04. The lowest BCUT2D eigenvalue weighted by Crippen LogP contribution is -2.38. The second-order valence-electron chi connectivity index (χ2n) is 5.97. The molecule has 8 heteroatoms. The SMILES string of the molecule is Cn1cc([C@@H]2CCCN2C(=O)C[C@@H](NC(N)=O)c2cccs2)cn1. The Balaban J connectivity index is 1.73. The molecule has 1 aliphatic rings. The molecule has 0 spiro atoms. The summed E-state index contributed by atoms with van der Waals surface area (Å²) in [6.07, 6.45) is 5.88. The van der Waals surface area contributed by atoms with Crippen LogP contribution in [0.2, 0.25) is 0 Å². The third-order valence-corrected chi connectivity index (χ3v) is 5.25. The molecular weight excluding hydrogens is 326 g/mol. The highest BCUT2D eigenvalue weighted by Gasteiger charge is 2.32. The van der Waals surface area contributed by atoms with Crippen LogP contribution in [0.15, 0.2) is 29.9 Å². The summed E-state index contributed by atoms with van der Waals surface area (Å²) in [5.74, 6) is 0.0218. The van der Waals surface area contributed by atoms with Crippen molar-refractivity contribution >= 4 is 23.3 Å². The number of thiophene rings is 1. The average molecular weight is 347 g/mol. The van der Waals surface area contributed by atoms with Gasteiger partial charge in [0.15, 0.2) is 0 Å². The number of carbonyl (C=O) groups is 2. The zero-order valence-corrected chi connectivity index (χ0v) is 14.3. The summed E-state index contributed by atoms with van der Waals surface area (Å²) in [6.45, 7) is 0.728. The number of hydrogen-bond donors (Lipinski definition) is 2. The zero-order valence-electron chi connectivity index (χ0n) is 13.5. The molecule has 2 aromatic rings. The molecule has 3 amide bonds. The predicted octanol–water partition coefficient (Wildman–Crippen LogP) is 1.94. The van der Waals surface area contributed by atoms with Gasteiger partial charge in [-0.2, -0.15) is 5.10 Å². The van der Waals surface area contributed by atoms with Crippen LogP contribution in [0.5, 0.6) is 0 Å². The van der Waals surface area contributed by atoms with Crippen LogP contribution < -0.4 is 11.1 Å². The minimum absolute atomic E-state index is 0.0218. The first kappa shape index (κ1) is 16.5. The lowest BCUT2D eigenvalue weighted by molar-refractivity contribution is -0.132. The van der Waals surface area contributed by atoms with Crippen molar-refractivity contribution in [2.75, 3.05) is 6.54 Å². The van der Waals surface area contributed by atoms with Gasteiger partial charge >= 0.3 is 6.03 Å². The average Bonchev–Trinajstić information content (AvgIpc) is 3.27. The summed E-state index contributed by atoms with van der Waals surface area (Å²) in [5, 5.41) is 8.80. The number of aryl methyl sites for hydroxylation is 1. The molecule has 0 radical (unpaired) electrons. The number of likely N-dealkylation sites (tertiary alicyclic amines) is 1. The number of hydrogen-bond acceptors (Lipinski definition) is 4. The van der Waals surface area contributed by atoms with E-state index in [0.29, 0.717) is 0 Å². The van der Waals surface area contributed by atoms with Crippen molar-refractivity contribution in [1.82, 2.24) is 20.0 Å². The van der Waals surface area contributed by atoms with Crippen LogP contribution in [0.4, 0.5) is 4.79 Å². The third kappa shape index (κ3) is 3.59. The van der Waals surface area contributed by atoms with Gasteiger partial charge in [-0.05, 0) is 24.3 Å². The quantitative estimate of drug-likeness (QED) is 0.865. The molecule has 24 heavy (non-hydrogen) atoms. The van der Waals surface area contributed by atoms with E-state index in [1.807, 2.05) is 41.9 Å². The van der Waals surface area contributed by atoms with E-state index >= 15 is 0 Å². The predicted molar refractivity (Wildman–Crippen MR) is 91.3 cm³/mol. The molecule has 0 unspecified atom stereocenters. The summed E-state index contributed by atoms with van der Waals surface area (Å²) >= 11 is 1.50. The minimum atomic E-state index is -0.619. The second-order valence-corrected chi connectivity index (χ2v) is 6.95. The molecule has 128 valence electrons. The van der Waals surface area contributed by atoms with Crippen molar-refractivity contribution in [2.24, 2.45) is 12.8 Å². The number of aromatic nitrogens is 2. The Kier molecular flexibility index (Phi) is 4.84. The molecule has 3 N–H and O–H groups in total. The molecule has 1 saturated heterocycles. The number of nitrogens with one attached hydrogen (secondary N) is 1. The van der Waals surface area contributed by atoms with Crippen molar-refractivity contribution in [3.8, 4) is 0 Å². The Labute approximate surface area is 144 Å². The van der Waals surface area contributed by atoms with Crippen LogP contribution in [-0.4, -0.2) is 33.2 Å². The maximum Gasteiger partial charge on any atom is 0.312 e. The summed E-state index contributed by atoms with van der Waals surface area (Å²) in [4.78, 5) is 26.9. The molecule has 0 bridgehead atoms. The Morgan fingerprint density at radius 2 is 2.38 bits per heavy atom. The van der Waals surface area contributed by atoms with Gasteiger partial charge in [0.25, 0.3) is 0 Å². The first-order valence-corrected chi connectivity index (χ1v) is 8.80. The molecule has 3 rings (SSSR count). The number of primary amides is 1. The highest BCUT2D eigenvalue weighted by atomic mass is 32.1. The van der Waals surface area contributed by atoms with Gasteiger partial charge in [-0.25, -0.2) is 4.79 Å². The van der Waals surface area contributed by atoms with Crippen LogP contribution in [0.25, 0.3) is 0 Å². The van der Waals surface area contributed by atoms with Crippen molar-refractivity contribution in [2.45, 2.75) is 31.3 Å². The van der Waals surface area contributed by atoms with Gasteiger partial charge in [0.2, 0.25) is 5.91 Å². The lowest BCUT2D eigenvalue weighted by Gasteiger charge is -2.26. The maximum atomic E-state index is 12.8.